The third-order valence-electron chi connectivity index (χ3n) is 2.66. The summed E-state index contributed by atoms with van der Waals surface area (Å²) < 4.78 is 1.74. The molecule has 16 heavy (non-hydrogen) atoms. The smallest absolute Gasteiger partial charge is 0.326 e. The van der Waals surface area contributed by atoms with Crippen molar-refractivity contribution < 1.29 is 9.90 Å². The van der Waals surface area contributed by atoms with Crippen molar-refractivity contribution in [3.8, 4) is 0 Å². The summed E-state index contributed by atoms with van der Waals surface area (Å²) in [6.07, 6.45) is 3.07. The largest absolute Gasteiger partial charge is 0.480 e. The van der Waals surface area contributed by atoms with Crippen molar-refractivity contribution in [2.24, 2.45) is 0 Å². The van der Waals surface area contributed by atoms with E-state index in [9.17, 15) is 9.90 Å². The van der Waals surface area contributed by atoms with Crippen LogP contribution in [0.25, 0.3) is 11.0 Å². The van der Waals surface area contributed by atoms with Crippen LogP contribution in [0, 0.1) is 0 Å². The van der Waals surface area contributed by atoms with Gasteiger partial charge >= 0.3 is 5.97 Å². The van der Waals surface area contributed by atoms with E-state index in [4.69, 9.17) is 0 Å². The molecule has 1 aromatic heterocycles. The van der Waals surface area contributed by atoms with Gasteiger partial charge in [0, 0.05) is 0 Å². The zero-order valence-corrected chi connectivity index (χ0v) is 9.13. The maximum atomic E-state index is 11.2. The van der Waals surface area contributed by atoms with E-state index in [0.29, 0.717) is 6.42 Å². The maximum absolute atomic E-state index is 11.2. The highest BCUT2D eigenvalue weighted by Gasteiger charge is 2.19. The minimum atomic E-state index is -0.801. The number of fused-ring (bicyclic) bond motifs is 1. The fraction of sp³-hybridized carbons (Fsp3) is 0.333. The molecule has 4 heteroatoms. The van der Waals surface area contributed by atoms with Crippen molar-refractivity contribution in [1.82, 2.24) is 9.55 Å². The molecule has 0 aliphatic heterocycles. The molecular weight excluding hydrogens is 204 g/mol. The summed E-state index contributed by atoms with van der Waals surface area (Å²) in [5, 5.41) is 9.19. The molecule has 4 nitrogen and oxygen atoms in total. The monoisotopic (exact) mass is 218 g/mol. The van der Waals surface area contributed by atoms with Crippen LogP contribution in [-0.2, 0) is 4.79 Å². The van der Waals surface area contributed by atoms with Crippen molar-refractivity contribution in [2.45, 2.75) is 25.8 Å². The number of benzene rings is 1. The molecule has 0 aliphatic rings. The van der Waals surface area contributed by atoms with Gasteiger partial charge in [0.1, 0.15) is 6.04 Å². The van der Waals surface area contributed by atoms with Crippen LogP contribution < -0.4 is 0 Å². The number of hydrogen-bond acceptors (Lipinski definition) is 2. The van der Waals surface area contributed by atoms with Crippen LogP contribution in [0.3, 0.4) is 0 Å². The van der Waals surface area contributed by atoms with Crippen LogP contribution >= 0.6 is 0 Å². The van der Waals surface area contributed by atoms with Crippen molar-refractivity contribution >= 4 is 17.0 Å². The lowest BCUT2D eigenvalue weighted by molar-refractivity contribution is -0.141. The SMILES string of the molecule is CCCC(C(=O)O)n1cnc2ccccc21. The lowest BCUT2D eigenvalue weighted by Crippen LogP contribution is -2.18. The van der Waals surface area contributed by atoms with Crippen molar-refractivity contribution in [3.63, 3.8) is 0 Å². The van der Waals surface area contributed by atoms with E-state index in [1.54, 1.807) is 10.9 Å². The second-order valence-electron chi connectivity index (χ2n) is 3.78. The van der Waals surface area contributed by atoms with Gasteiger partial charge in [-0.3, -0.25) is 0 Å². The lowest BCUT2D eigenvalue weighted by Gasteiger charge is -2.13. The zero-order valence-electron chi connectivity index (χ0n) is 9.13. The van der Waals surface area contributed by atoms with Gasteiger partial charge in [-0.05, 0) is 18.6 Å². The van der Waals surface area contributed by atoms with Crippen molar-refractivity contribution in [1.29, 1.82) is 0 Å². The molecular formula is C12H14N2O2. The van der Waals surface area contributed by atoms with Crippen LogP contribution in [0.2, 0.25) is 0 Å². The first-order chi connectivity index (χ1) is 7.74. The maximum Gasteiger partial charge on any atom is 0.326 e. The summed E-state index contributed by atoms with van der Waals surface area (Å²) in [6, 6.07) is 7.06. The van der Waals surface area contributed by atoms with Gasteiger partial charge in [-0.25, -0.2) is 9.78 Å². The second-order valence-corrected chi connectivity index (χ2v) is 3.78. The number of nitrogens with zero attached hydrogens (tertiary/aromatic N) is 2. The Morgan fingerprint density at radius 3 is 2.94 bits per heavy atom. The highest BCUT2D eigenvalue weighted by atomic mass is 16.4. The molecule has 1 atom stereocenters. The van der Waals surface area contributed by atoms with Gasteiger partial charge in [-0.1, -0.05) is 25.5 Å². The summed E-state index contributed by atoms with van der Waals surface area (Å²) in [7, 11) is 0. The van der Waals surface area contributed by atoms with E-state index in [1.165, 1.54) is 0 Å². The average molecular weight is 218 g/mol. The molecule has 0 aliphatic carbocycles. The topological polar surface area (TPSA) is 55.1 Å². The van der Waals surface area contributed by atoms with Gasteiger partial charge in [-0.2, -0.15) is 0 Å². The fourth-order valence-electron chi connectivity index (χ4n) is 1.88. The summed E-state index contributed by atoms with van der Waals surface area (Å²) in [5.74, 6) is -0.801. The van der Waals surface area contributed by atoms with Crippen molar-refractivity contribution in [2.75, 3.05) is 0 Å². The number of aliphatic carboxylic acids is 1. The van der Waals surface area contributed by atoms with E-state index in [0.717, 1.165) is 17.5 Å². The number of aromatic nitrogens is 2. The molecule has 0 saturated heterocycles. The van der Waals surface area contributed by atoms with E-state index in [1.807, 2.05) is 31.2 Å². The standard InChI is InChI=1S/C12H14N2O2/c1-2-5-11(12(15)16)14-8-13-9-6-3-4-7-10(9)14/h3-4,6-8,11H,2,5H2,1H3,(H,15,16). The summed E-state index contributed by atoms with van der Waals surface area (Å²) >= 11 is 0. The Kier molecular flexibility index (Phi) is 2.90. The molecule has 84 valence electrons. The number of rotatable bonds is 4. The van der Waals surface area contributed by atoms with Crippen LogP contribution in [0.5, 0.6) is 0 Å². The van der Waals surface area contributed by atoms with Crippen LogP contribution in [0.15, 0.2) is 30.6 Å². The van der Waals surface area contributed by atoms with Crippen LogP contribution in [0.1, 0.15) is 25.8 Å². The van der Waals surface area contributed by atoms with Gasteiger partial charge in [0.25, 0.3) is 0 Å². The number of carboxylic acid groups (broad SMARTS) is 1. The second kappa shape index (κ2) is 4.35. The van der Waals surface area contributed by atoms with E-state index >= 15 is 0 Å². The number of para-hydroxylation sites is 2. The Morgan fingerprint density at radius 1 is 1.50 bits per heavy atom. The number of imidazole rings is 1. The first-order valence-corrected chi connectivity index (χ1v) is 5.38. The molecule has 0 spiro atoms. The zero-order chi connectivity index (χ0) is 11.5. The normalized spacial score (nSPS) is 12.8. The molecule has 0 bridgehead atoms. The molecule has 1 N–H and O–H groups in total. The Hall–Kier alpha value is -1.84. The molecule has 2 aromatic rings. The van der Waals surface area contributed by atoms with Gasteiger partial charge in [0.05, 0.1) is 17.4 Å². The minimum absolute atomic E-state index is 0.516. The molecule has 0 fully saturated rings. The van der Waals surface area contributed by atoms with Gasteiger partial charge in [-0.15, -0.1) is 0 Å². The Labute approximate surface area is 93.5 Å². The Balaban J connectivity index is 2.48. The van der Waals surface area contributed by atoms with E-state index in [2.05, 4.69) is 4.98 Å². The molecule has 2 rings (SSSR count). The third-order valence-corrected chi connectivity index (χ3v) is 2.66. The molecule has 0 radical (unpaired) electrons. The Morgan fingerprint density at radius 2 is 2.25 bits per heavy atom. The summed E-state index contributed by atoms with van der Waals surface area (Å²) in [6.45, 7) is 1.98. The van der Waals surface area contributed by atoms with Crippen LogP contribution in [-0.4, -0.2) is 20.6 Å². The first kappa shape index (κ1) is 10.7. The number of carbonyl (C=O) groups is 1. The quantitative estimate of drug-likeness (QED) is 0.857. The molecule has 1 aromatic carbocycles. The highest BCUT2D eigenvalue weighted by Crippen LogP contribution is 2.21. The predicted molar refractivity (Wildman–Crippen MR) is 61.3 cm³/mol. The third kappa shape index (κ3) is 1.78. The highest BCUT2D eigenvalue weighted by molar-refractivity contribution is 5.79. The molecule has 1 unspecified atom stereocenters. The van der Waals surface area contributed by atoms with Gasteiger partial charge in [0.2, 0.25) is 0 Å². The summed E-state index contributed by atoms with van der Waals surface area (Å²) in [5.41, 5.74) is 1.72. The van der Waals surface area contributed by atoms with Crippen molar-refractivity contribution in [3.05, 3.63) is 30.6 Å². The average Bonchev–Trinajstić information content (AvgIpc) is 2.69. The fourth-order valence-corrected chi connectivity index (χ4v) is 1.88. The lowest BCUT2D eigenvalue weighted by atomic mass is 10.1. The van der Waals surface area contributed by atoms with Gasteiger partial charge in [0.15, 0.2) is 0 Å². The minimum Gasteiger partial charge on any atom is -0.480 e. The molecule has 0 saturated carbocycles. The number of carboxylic acids is 1. The predicted octanol–water partition coefficient (Wildman–Crippen LogP) is 2.46. The molecule has 1 heterocycles. The van der Waals surface area contributed by atoms with E-state index in [-0.39, 0.29) is 0 Å². The van der Waals surface area contributed by atoms with Gasteiger partial charge < -0.3 is 9.67 Å². The Bertz CT molecular complexity index is 504. The molecule has 0 amide bonds. The number of hydrogen-bond donors (Lipinski definition) is 1. The van der Waals surface area contributed by atoms with E-state index < -0.39 is 12.0 Å². The summed E-state index contributed by atoms with van der Waals surface area (Å²) in [4.78, 5) is 15.4. The first-order valence-electron chi connectivity index (χ1n) is 5.38. The van der Waals surface area contributed by atoms with Crippen LogP contribution in [0.4, 0.5) is 0 Å².